The molecular formula is C25H35N3O4. The second-order valence-corrected chi connectivity index (χ2v) is 9.15. The van der Waals surface area contributed by atoms with Gasteiger partial charge in [-0.3, -0.25) is 9.78 Å². The highest BCUT2D eigenvalue weighted by Crippen LogP contribution is 2.44. The number of ether oxygens (including phenoxy) is 3. The molecule has 32 heavy (non-hydrogen) atoms. The normalized spacial score (nSPS) is 18.2. The lowest BCUT2D eigenvalue weighted by molar-refractivity contribution is -0.133. The van der Waals surface area contributed by atoms with Gasteiger partial charge < -0.3 is 24.4 Å². The highest BCUT2D eigenvalue weighted by molar-refractivity contribution is 5.96. The minimum absolute atomic E-state index is 0.262. The van der Waals surface area contributed by atoms with E-state index in [0.29, 0.717) is 24.7 Å². The van der Waals surface area contributed by atoms with Gasteiger partial charge in [-0.1, -0.05) is 13.8 Å². The number of aromatic nitrogens is 1. The van der Waals surface area contributed by atoms with Crippen LogP contribution in [0.1, 0.15) is 56.9 Å². The first-order chi connectivity index (χ1) is 15.6. The lowest BCUT2D eigenvalue weighted by Gasteiger charge is -2.20. The number of anilines is 1. The Bertz CT molecular complexity index is 941. The number of aryl methyl sites for hydroxylation is 1. The van der Waals surface area contributed by atoms with Gasteiger partial charge in [0.15, 0.2) is 11.5 Å². The first kappa shape index (κ1) is 22.6. The molecule has 0 saturated carbocycles. The van der Waals surface area contributed by atoms with Crippen LogP contribution in [0.2, 0.25) is 0 Å². The van der Waals surface area contributed by atoms with Crippen molar-refractivity contribution >= 4 is 23.1 Å². The SMILES string of the molecule is COc1cc2c(NCC(C)C)c3c(nc2cc1OCCCN1CCCC1)CCC3OC=O. The first-order valence-electron chi connectivity index (χ1n) is 11.8. The molecule has 2 aliphatic rings. The number of methoxy groups -OCH3 is 1. The van der Waals surface area contributed by atoms with E-state index in [1.807, 2.05) is 12.1 Å². The van der Waals surface area contributed by atoms with E-state index in [4.69, 9.17) is 19.2 Å². The minimum Gasteiger partial charge on any atom is -0.493 e. The Morgan fingerprint density at radius 2 is 2.06 bits per heavy atom. The minimum atomic E-state index is -0.262. The van der Waals surface area contributed by atoms with Gasteiger partial charge in [0.1, 0.15) is 6.10 Å². The molecule has 2 aromatic rings. The van der Waals surface area contributed by atoms with Crippen LogP contribution in [0.4, 0.5) is 5.69 Å². The topological polar surface area (TPSA) is 72.9 Å². The number of rotatable bonds is 11. The lowest BCUT2D eigenvalue weighted by atomic mass is 10.0. The molecule has 4 rings (SSSR count). The Morgan fingerprint density at radius 1 is 1.25 bits per heavy atom. The van der Waals surface area contributed by atoms with Gasteiger partial charge in [-0.15, -0.1) is 0 Å². The molecule has 1 aromatic heterocycles. The van der Waals surface area contributed by atoms with E-state index in [0.717, 1.165) is 65.9 Å². The molecule has 1 N–H and O–H groups in total. The fourth-order valence-corrected chi connectivity index (χ4v) is 4.74. The average molecular weight is 442 g/mol. The number of carbonyl (C=O) groups excluding carboxylic acids is 1. The summed E-state index contributed by atoms with van der Waals surface area (Å²) in [5.74, 6) is 1.89. The fraction of sp³-hybridized carbons (Fsp3) is 0.600. The largest absolute Gasteiger partial charge is 0.493 e. The summed E-state index contributed by atoms with van der Waals surface area (Å²) >= 11 is 0. The molecule has 1 atom stereocenters. The molecule has 1 aliphatic carbocycles. The zero-order valence-electron chi connectivity index (χ0n) is 19.5. The number of pyridine rings is 1. The molecule has 1 saturated heterocycles. The maximum atomic E-state index is 11.1. The van der Waals surface area contributed by atoms with E-state index in [1.54, 1.807) is 7.11 Å². The third-order valence-electron chi connectivity index (χ3n) is 6.33. The van der Waals surface area contributed by atoms with Crippen LogP contribution in [0.15, 0.2) is 12.1 Å². The molecule has 1 aromatic carbocycles. The number of hydrogen-bond donors (Lipinski definition) is 1. The number of hydrogen-bond acceptors (Lipinski definition) is 7. The van der Waals surface area contributed by atoms with Crippen LogP contribution in [0.25, 0.3) is 10.9 Å². The summed E-state index contributed by atoms with van der Waals surface area (Å²) in [5.41, 5.74) is 3.84. The molecular weight excluding hydrogens is 406 g/mol. The number of benzene rings is 1. The molecule has 0 spiro atoms. The molecule has 7 heteroatoms. The number of fused-ring (bicyclic) bond motifs is 2. The van der Waals surface area contributed by atoms with E-state index in [1.165, 1.54) is 25.9 Å². The van der Waals surface area contributed by atoms with Crippen molar-refractivity contribution < 1.29 is 19.0 Å². The second-order valence-electron chi connectivity index (χ2n) is 9.15. The fourth-order valence-electron chi connectivity index (χ4n) is 4.74. The van der Waals surface area contributed by atoms with E-state index in [2.05, 4.69) is 24.1 Å². The number of nitrogens with zero attached hydrogens (tertiary/aromatic N) is 2. The number of carbonyl (C=O) groups is 1. The number of nitrogens with one attached hydrogen (secondary N) is 1. The van der Waals surface area contributed by atoms with Crippen LogP contribution < -0.4 is 14.8 Å². The Hall–Kier alpha value is -2.54. The Kier molecular flexibility index (Phi) is 7.35. The predicted molar refractivity (Wildman–Crippen MR) is 126 cm³/mol. The van der Waals surface area contributed by atoms with Crippen LogP contribution in [0.5, 0.6) is 11.5 Å². The first-order valence-corrected chi connectivity index (χ1v) is 11.8. The van der Waals surface area contributed by atoms with Gasteiger partial charge in [-0.2, -0.15) is 0 Å². The van der Waals surface area contributed by atoms with Gasteiger partial charge in [-0.25, -0.2) is 0 Å². The van der Waals surface area contributed by atoms with Gasteiger partial charge in [0.2, 0.25) is 0 Å². The average Bonchev–Trinajstić information content (AvgIpc) is 3.44. The predicted octanol–water partition coefficient (Wildman–Crippen LogP) is 4.34. The van der Waals surface area contributed by atoms with Crippen molar-refractivity contribution in [2.24, 2.45) is 5.92 Å². The zero-order valence-corrected chi connectivity index (χ0v) is 19.5. The molecule has 1 aliphatic heterocycles. The van der Waals surface area contributed by atoms with Gasteiger partial charge >= 0.3 is 0 Å². The lowest BCUT2D eigenvalue weighted by Crippen LogP contribution is -2.21. The van der Waals surface area contributed by atoms with Crippen LogP contribution in [0.3, 0.4) is 0 Å². The number of likely N-dealkylation sites (tertiary alicyclic amines) is 1. The van der Waals surface area contributed by atoms with Crippen molar-refractivity contribution in [1.29, 1.82) is 0 Å². The highest BCUT2D eigenvalue weighted by atomic mass is 16.5. The summed E-state index contributed by atoms with van der Waals surface area (Å²) in [5, 5.41) is 4.56. The third-order valence-corrected chi connectivity index (χ3v) is 6.33. The standard InChI is InChI=1S/C25H35N3O4/c1-17(2)15-26-25-18-13-22(30-3)23(31-12-6-11-28-9-4-5-10-28)14-20(18)27-19-7-8-21(24(19)25)32-16-29/h13-14,16-17,21H,4-12,15H2,1-3H3,(H,26,27). The summed E-state index contributed by atoms with van der Waals surface area (Å²) < 4.78 is 17.2. The summed E-state index contributed by atoms with van der Waals surface area (Å²) in [4.78, 5) is 18.5. The van der Waals surface area contributed by atoms with E-state index in [9.17, 15) is 4.79 Å². The van der Waals surface area contributed by atoms with E-state index >= 15 is 0 Å². The van der Waals surface area contributed by atoms with Gasteiger partial charge in [-0.05, 0) is 57.2 Å². The monoisotopic (exact) mass is 441 g/mol. The van der Waals surface area contributed by atoms with Crippen LogP contribution in [-0.4, -0.2) is 56.3 Å². The van der Waals surface area contributed by atoms with Crippen LogP contribution in [0, 0.1) is 5.92 Å². The molecule has 1 unspecified atom stereocenters. The smallest absolute Gasteiger partial charge is 0.293 e. The van der Waals surface area contributed by atoms with Crippen molar-refractivity contribution in [3.63, 3.8) is 0 Å². The Morgan fingerprint density at radius 3 is 2.78 bits per heavy atom. The van der Waals surface area contributed by atoms with Crippen molar-refractivity contribution in [2.75, 3.05) is 45.2 Å². The van der Waals surface area contributed by atoms with Crippen molar-refractivity contribution in [1.82, 2.24) is 9.88 Å². The van der Waals surface area contributed by atoms with Crippen molar-refractivity contribution in [3.8, 4) is 11.5 Å². The van der Waals surface area contributed by atoms with Gasteiger partial charge in [0.05, 0.1) is 30.6 Å². The molecule has 1 fully saturated rings. The van der Waals surface area contributed by atoms with Gasteiger partial charge in [0.25, 0.3) is 6.47 Å². The molecule has 7 nitrogen and oxygen atoms in total. The summed E-state index contributed by atoms with van der Waals surface area (Å²) in [7, 11) is 1.67. The third kappa shape index (κ3) is 4.93. The molecule has 0 radical (unpaired) electrons. The van der Waals surface area contributed by atoms with Crippen molar-refractivity contribution in [2.45, 2.75) is 52.1 Å². The van der Waals surface area contributed by atoms with Crippen molar-refractivity contribution in [3.05, 3.63) is 23.4 Å². The summed E-state index contributed by atoms with van der Waals surface area (Å²) in [6.45, 7) is 9.83. The van der Waals surface area contributed by atoms with Crippen LogP contribution >= 0.6 is 0 Å². The van der Waals surface area contributed by atoms with E-state index < -0.39 is 0 Å². The Balaban J connectivity index is 1.62. The zero-order chi connectivity index (χ0) is 22.5. The summed E-state index contributed by atoms with van der Waals surface area (Å²) in [6, 6.07) is 3.98. The second kappa shape index (κ2) is 10.4. The molecule has 0 bridgehead atoms. The maximum Gasteiger partial charge on any atom is 0.293 e. The van der Waals surface area contributed by atoms with E-state index in [-0.39, 0.29) is 6.10 Å². The van der Waals surface area contributed by atoms with Gasteiger partial charge in [0, 0.05) is 30.1 Å². The summed E-state index contributed by atoms with van der Waals surface area (Å²) in [6.07, 6.45) is 4.89. The Labute approximate surface area is 190 Å². The molecule has 0 amide bonds. The molecule has 174 valence electrons. The maximum absolute atomic E-state index is 11.1. The van der Waals surface area contributed by atoms with Crippen LogP contribution in [-0.2, 0) is 16.0 Å². The highest BCUT2D eigenvalue weighted by Gasteiger charge is 2.30. The quantitative estimate of drug-likeness (QED) is 0.411. The molecule has 2 heterocycles.